The Morgan fingerprint density at radius 1 is 1.57 bits per heavy atom. The number of carbonyl (C=O) groups excluding carboxylic acids is 1. The van der Waals surface area contributed by atoms with Crippen molar-refractivity contribution >= 4 is 17.5 Å². The van der Waals surface area contributed by atoms with E-state index in [-0.39, 0.29) is 16.7 Å². The molecule has 0 aliphatic carbocycles. The summed E-state index contributed by atoms with van der Waals surface area (Å²) >= 11 is 5.88. The molecule has 0 N–H and O–H groups in total. The molecule has 2 atom stereocenters. The van der Waals surface area contributed by atoms with Crippen molar-refractivity contribution in [2.24, 2.45) is 10.8 Å². The SMILES string of the molecule is CN1C(=O)[C@@](C)(CCl)C[C@H]1C(C)(C)C. The fourth-order valence-corrected chi connectivity index (χ4v) is 2.44. The van der Waals surface area contributed by atoms with Crippen molar-refractivity contribution in [2.75, 3.05) is 12.9 Å². The van der Waals surface area contributed by atoms with E-state index in [9.17, 15) is 4.79 Å². The Hall–Kier alpha value is -0.240. The number of carbonyl (C=O) groups is 1. The van der Waals surface area contributed by atoms with Crippen LogP contribution in [0.3, 0.4) is 0 Å². The second kappa shape index (κ2) is 3.41. The van der Waals surface area contributed by atoms with Crippen LogP contribution in [-0.2, 0) is 4.79 Å². The fraction of sp³-hybridized carbons (Fsp3) is 0.909. The van der Waals surface area contributed by atoms with Crippen molar-refractivity contribution in [3.63, 3.8) is 0 Å². The number of likely N-dealkylation sites (tertiary alicyclic amines) is 1. The van der Waals surface area contributed by atoms with E-state index < -0.39 is 0 Å². The van der Waals surface area contributed by atoms with Crippen LogP contribution in [-0.4, -0.2) is 29.8 Å². The Morgan fingerprint density at radius 3 is 2.29 bits per heavy atom. The van der Waals surface area contributed by atoms with Crippen LogP contribution >= 0.6 is 11.6 Å². The minimum Gasteiger partial charge on any atom is -0.342 e. The number of amides is 1. The molecule has 1 aliphatic heterocycles. The summed E-state index contributed by atoms with van der Waals surface area (Å²) in [5.74, 6) is 0.607. The number of nitrogens with zero attached hydrogens (tertiary/aromatic N) is 1. The van der Waals surface area contributed by atoms with Gasteiger partial charge in [0, 0.05) is 19.0 Å². The first-order valence-electron chi connectivity index (χ1n) is 5.05. The Morgan fingerprint density at radius 2 is 2.07 bits per heavy atom. The van der Waals surface area contributed by atoms with Crippen molar-refractivity contribution in [2.45, 2.75) is 40.2 Å². The predicted octanol–water partition coefficient (Wildman–Crippen LogP) is 2.51. The molecule has 1 rings (SSSR count). The zero-order chi connectivity index (χ0) is 11.1. The van der Waals surface area contributed by atoms with Gasteiger partial charge in [-0.2, -0.15) is 0 Å². The number of rotatable bonds is 1. The number of alkyl halides is 1. The van der Waals surface area contributed by atoms with Crippen molar-refractivity contribution in [1.82, 2.24) is 4.90 Å². The molecular formula is C11H20ClNO. The van der Waals surface area contributed by atoms with Crippen LogP contribution in [0.25, 0.3) is 0 Å². The molecule has 0 bridgehead atoms. The van der Waals surface area contributed by atoms with Gasteiger partial charge in [0.25, 0.3) is 0 Å². The van der Waals surface area contributed by atoms with E-state index in [1.807, 2.05) is 18.9 Å². The molecule has 1 amide bonds. The fourth-order valence-electron chi connectivity index (χ4n) is 2.22. The molecule has 0 aromatic heterocycles. The highest BCUT2D eigenvalue weighted by Crippen LogP contribution is 2.42. The Kier molecular flexibility index (Phi) is 2.88. The van der Waals surface area contributed by atoms with E-state index in [1.165, 1.54) is 0 Å². The van der Waals surface area contributed by atoms with E-state index in [2.05, 4.69) is 20.8 Å². The molecule has 1 heterocycles. The highest BCUT2D eigenvalue weighted by molar-refractivity contribution is 6.20. The maximum atomic E-state index is 12.0. The monoisotopic (exact) mass is 217 g/mol. The molecule has 0 unspecified atom stereocenters. The largest absolute Gasteiger partial charge is 0.342 e. The quantitative estimate of drug-likeness (QED) is 0.618. The number of hydrogen-bond acceptors (Lipinski definition) is 1. The summed E-state index contributed by atoms with van der Waals surface area (Å²) in [6, 6.07) is 0.304. The Balaban J connectivity index is 2.93. The average Bonchev–Trinajstić information content (AvgIpc) is 2.30. The van der Waals surface area contributed by atoms with Gasteiger partial charge >= 0.3 is 0 Å². The predicted molar refractivity (Wildman–Crippen MR) is 59.5 cm³/mol. The van der Waals surface area contributed by atoms with E-state index in [0.717, 1.165) is 6.42 Å². The lowest BCUT2D eigenvalue weighted by Crippen LogP contribution is -2.39. The molecule has 2 nitrogen and oxygen atoms in total. The maximum absolute atomic E-state index is 12.0. The average molecular weight is 218 g/mol. The Bertz CT molecular complexity index is 246. The van der Waals surface area contributed by atoms with E-state index >= 15 is 0 Å². The van der Waals surface area contributed by atoms with Crippen LogP contribution < -0.4 is 0 Å². The lowest BCUT2D eigenvalue weighted by atomic mass is 9.80. The summed E-state index contributed by atoms with van der Waals surface area (Å²) in [6.07, 6.45) is 0.870. The summed E-state index contributed by atoms with van der Waals surface area (Å²) in [4.78, 5) is 13.8. The smallest absolute Gasteiger partial charge is 0.229 e. The zero-order valence-corrected chi connectivity index (χ0v) is 10.5. The molecule has 0 saturated carbocycles. The van der Waals surface area contributed by atoms with Crippen LogP contribution in [0.2, 0.25) is 0 Å². The molecule has 3 heteroatoms. The van der Waals surface area contributed by atoms with Crippen molar-refractivity contribution in [3.05, 3.63) is 0 Å². The summed E-state index contributed by atoms with van der Waals surface area (Å²) in [6.45, 7) is 8.47. The van der Waals surface area contributed by atoms with Gasteiger partial charge in [0.1, 0.15) is 0 Å². The third kappa shape index (κ3) is 1.77. The molecule has 0 aromatic carbocycles. The van der Waals surface area contributed by atoms with Crippen molar-refractivity contribution in [3.8, 4) is 0 Å². The third-order valence-electron chi connectivity index (χ3n) is 3.24. The van der Waals surface area contributed by atoms with Gasteiger partial charge in [0.05, 0.1) is 5.41 Å². The lowest BCUT2D eigenvalue weighted by molar-refractivity contribution is -0.134. The van der Waals surface area contributed by atoms with Crippen LogP contribution in [0.15, 0.2) is 0 Å². The van der Waals surface area contributed by atoms with Gasteiger partial charge in [0.2, 0.25) is 5.91 Å². The van der Waals surface area contributed by atoms with Crippen molar-refractivity contribution < 1.29 is 4.79 Å². The standard InChI is InChI=1S/C11H20ClNO/c1-10(2,3)8-6-11(4,7-12)9(14)13(8)5/h8H,6-7H2,1-5H3/t8-,11+/m0/s1. The van der Waals surface area contributed by atoms with Crippen LogP contribution in [0.1, 0.15) is 34.1 Å². The van der Waals surface area contributed by atoms with E-state index in [0.29, 0.717) is 11.9 Å². The minimum absolute atomic E-state index is 0.133. The van der Waals surface area contributed by atoms with Gasteiger partial charge in [-0.3, -0.25) is 4.79 Å². The maximum Gasteiger partial charge on any atom is 0.229 e. The zero-order valence-electron chi connectivity index (χ0n) is 9.72. The first kappa shape index (κ1) is 11.8. The van der Waals surface area contributed by atoms with Crippen LogP contribution in [0.4, 0.5) is 0 Å². The lowest BCUT2D eigenvalue weighted by Gasteiger charge is -2.32. The van der Waals surface area contributed by atoms with Gasteiger partial charge in [-0.25, -0.2) is 0 Å². The third-order valence-corrected chi connectivity index (χ3v) is 3.83. The topological polar surface area (TPSA) is 20.3 Å². The van der Waals surface area contributed by atoms with E-state index in [4.69, 9.17) is 11.6 Å². The molecule has 1 aliphatic rings. The van der Waals surface area contributed by atoms with Gasteiger partial charge in [0.15, 0.2) is 0 Å². The molecule has 0 spiro atoms. The van der Waals surface area contributed by atoms with Crippen LogP contribution in [0.5, 0.6) is 0 Å². The van der Waals surface area contributed by atoms with Gasteiger partial charge < -0.3 is 4.90 Å². The van der Waals surface area contributed by atoms with E-state index in [1.54, 1.807) is 0 Å². The van der Waals surface area contributed by atoms with Gasteiger partial charge in [-0.1, -0.05) is 20.8 Å². The summed E-state index contributed by atoms with van der Waals surface area (Å²) in [7, 11) is 1.88. The summed E-state index contributed by atoms with van der Waals surface area (Å²) in [5, 5.41) is 0. The molecular weight excluding hydrogens is 198 g/mol. The van der Waals surface area contributed by atoms with Gasteiger partial charge in [-0.15, -0.1) is 11.6 Å². The second-order valence-corrected chi connectivity index (χ2v) is 5.96. The first-order chi connectivity index (χ1) is 6.22. The number of halogens is 1. The molecule has 82 valence electrons. The van der Waals surface area contributed by atoms with Crippen LogP contribution in [0, 0.1) is 10.8 Å². The normalized spacial score (nSPS) is 34.0. The minimum atomic E-state index is -0.353. The molecule has 0 radical (unpaired) electrons. The highest BCUT2D eigenvalue weighted by atomic mass is 35.5. The molecule has 14 heavy (non-hydrogen) atoms. The van der Waals surface area contributed by atoms with Gasteiger partial charge in [-0.05, 0) is 18.8 Å². The molecule has 0 aromatic rings. The highest BCUT2D eigenvalue weighted by Gasteiger charge is 2.49. The molecule has 1 saturated heterocycles. The molecule has 1 fully saturated rings. The van der Waals surface area contributed by atoms with Crippen molar-refractivity contribution in [1.29, 1.82) is 0 Å². The second-order valence-electron chi connectivity index (χ2n) is 5.70. The number of hydrogen-bond donors (Lipinski definition) is 0. The summed E-state index contributed by atoms with van der Waals surface area (Å²) in [5.41, 5.74) is -0.220. The Labute approximate surface area is 91.6 Å². The summed E-state index contributed by atoms with van der Waals surface area (Å²) < 4.78 is 0. The first-order valence-corrected chi connectivity index (χ1v) is 5.59.